The maximum atomic E-state index is 13.1. The van der Waals surface area contributed by atoms with E-state index in [2.05, 4.69) is 11.8 Å². The van der Waals surface area contributed by atoms with E-state index in [-0.39, 0.29) is 29.9 Å². The minimum Gasteiger partial charge on any atom is -0.506 e. The van der Waals surface area contributed by atoms with Crippen LogP contribution in [-0.4, -0.2) is 54.5 Å². The summed E-state index contributed by atoms with van der Waals surface area (Å²) in [6.45, 7) is 5.08. The van der Waals surface area contributed by atoms with E-state index < -0.39 is 0 Å². The normalized spacial score (nSPS) is 19.7. The monoisotopic (exact) mass is 393 g/mol. The molecule has 1 atom stereocenters. The number of amides is 2. The summed E-state index contributed by atoms with van der Waals surface area (Å²) >= 11 is 0. The van der Waals surface area contributed by atoms with E-state index in [9.17, 15) is 14.7 Å². The Morgan fingerprint density at radius 3 is 2.34 bits per heavy atom. The minimum atomic E-state index is -0.288. The first kappa shape index (κ1) is 19.3. The lowest BCUT2D eigenvalue weighted by Crippen LogP contribution is -2.50. The molecule has 0 radical (unpaired) electrons. The molecule has 1 N–H and O–H groups in total. The predicted molar refractivity (Wildman–Crippen MR) is 113 cm³/mol. The maximum Gasteiger partial charge on any atom is 0.228 e. The van der Waals surface area contributed by atoms with Crippen molar-refractivity contribution in [1.29, 1.82) is 0 Å². The summed E-state index contributed by atoms with van der Waals surface area (Å²) in [6.07, 6.45) is 1.13. The molecule has 1 unspecified atom stereocenters. The summed E-state index contributed by atoms with van der Waals surface area (Å²) in [4.78, 5) is 31.4. The molecule has 6 heteroatoms. The molecular weight excluding hydrogens is 366 g/mol. The highest BCUT2D eigenvalue weighted by Crippen LogP contribution is 2.31. The number of anilines is 2. The zero-order valence-corrected chi connectivity index (χ0v) is 16.8. The number of hydrogen-bond donors (Lipinski definition) is 1. The van der Waals surface area contributed by atoms with Gasteiger partial charge in [-0.25, -0.2) is 0 Å². The Hall–Kier alpha value is -3.02. The van der Waals surface area contributed by atoms with Gasteiger partial charge in [0.15, 0.2) is 0 Å². The SMILES string of the molecule is CCc1ccccc1N1CC(C(=O)N2CCN(c3ccccc3O)CC2)CC1=O. The molecule has 6 nitrogen and oxygen atoms in total. The van der Waals surface area contributed by atoms with E-state index >= 15 is 0 Å². The van der Waals surface area contributed by atoms with E-state index in [0.29, 0.717) is 32.7 Å². The van der Waals surface area contributed by atoms with E-state index in [4.69, 9.17) is 0 Å². The molecule has 29 heavy (non-hydrogen) atoms. The summed E-state index contributed by atoms with van der Waals surface area (Å²) in [5.74, 6) is 0.0619. The molecule has 0 aromatic heterocycles. The van der Waals surface area contributed by atoms with Crippen molar-refractivity contribution >= 4 is 23.2 Å². The van der Waals surface area contributed by atoms with Gasteiger partial charge < -0.3 is 19.8 Å². The fraction of sp³-hybridized carbons (Fsp3) is 0.391. The van der Waals surface area contributed by atoms with E-state index in [1.54, 1.807) is 17.0 Å². The van der Waals surface area contributed by atoms with Crippen molar-refractivity contribution in [2.24, 2.45) is 5.92 Å². The number of hydrogen-bond acceptors (Lipinski definition) is 4. The van der Waals surface area contributed by atoms with Crippen LogP contribution in [0.15, 0.2) is 48.5 Å². The van der Waals surface area contributed by atoms with Gasteiger partial charge in [-0.1, -0.05) is 37.3 Å². The van der Waals surface area contributed by atoms with Crippen molar-refractivity contribution in [3.05, 3.63) is 54.1 Å². The predicted octanol–water partition coefficient (Wildman–Crippen LogP) is 2.66. The fourth-order valence-electron chi connectivity index (χ4n) is 4.34. The minimum absolute atomic E-state index is 0.0251. The van der Waals surface area contributed by atoms with Crippen molar-refractivity contribution in [2.75, 3.05) is 42.5 Å². The number of piperazine rings is 1. The summed E-state index contributed by atoms with van der Waals surface area (Å²) in [7, 11) is 0. The second kappa shape index (κ2) is 8.15. The topological polar surface area (TPSA) is 64.1 Å². The number of phenolic OH excluding ortho intramolecular Hbond substituents is 1. The van der Waals surface area contributed by atoms with Gasteiger partial charge >= 0.3 is 0 Å². The smallest absolute Gasteiger partial charge is 0.228 e. The summed E-state index contributed by atoms with van der Waals surface area (Å²) in [6, 6.07) is 15.2. The molecule has 4 rings (SSSR count). The first-order valence-electron chi connectivity index (χ1n) is 10.3. The van der Waals surface area contributed by atoms with E-state index in [1.165, 1.54) is 0 Å². The average Bonchev–Trinajstić information content (AvgIpc) is 3.15. The van der Waals surface area contributed by atoms with Crippen LogP contribution in [0.2, 0.25) is 0 Å². The number of rotatable bonds is 4. The number of phenols is 1. The maximum absolute atomic E-state index is 13.1. The van der Waals surface area contributed by atoms with Crippen molar-refractivity contribution < 1.29 is 14.7 Å². The molecule has 2 aliphatic heterocycles. The van der Waals surface area contributed by atoms with E-state index in [0.717, 1.165) is 23.4 Å². The number of benzene rings is 2. The Morgan fingerprint density at radius 2 is 1.66 bits per heavy atom. The van der Waals surface area contributed by atoms with Crippen LogP contribution >= 0.6 is 0 Å². The highest BCUT2D eigenvalue weighted by molar-refractivity contribution is 6.00. The zero-order chi connectivity index (χ0) is 20.4. The van der Waals surface area contributed by atoms with Crippen molar-refractivity contribution in [3.8, 4) is 5.75 Å². The first-order chi connectivity index (χ1) is 14.1. The molecule has 0 aliphatic carbocycles. The lowest BCUT2D eigenvalue weighted by Gasteiger charge is -2.37. The fourth-order valence-corrected chi connectivity index (χ4v) is 4.34. The van der Waals surface area contributed by atoms with Crippen LogP contribution in [0.5, 0.6) is 5.75 Å². The number of para-hydroxylation sites is 3. The number of aromatic hydroxyl groups is 1. The van der Waals surface area contributed by atoms with Gasteiger partial charge in [0.05, 0.1) is 11.6 Å². The van der Waals surface area contributed by atoms with E-state index in [1.807, 2.05) is 41.3 Å². The number of nitrogens with zero attached hydrogens (tertiary/aromatic N) is 3. The largest absolute Gasteiger partial charge is 0.506 e. The summed E-state index contributed by atoms with van der Waals surface area (Å²) in [5.41, 5.74) is 2.86. The molecule has 152 valence electrons. The van der Waals surface area contributed by atoms with Crippen molar-refractivity contribution in [1.82, 2.24) is 4.90 Å². The number of carbonyl (C=O) groups excluding carboxylic acids is 2. The Balaban J connectivity index is 1.40. The highest BCUT2D eigenvalue weighted by atomic mass is 16.3. The lowest BCUT2D eigenvalue weighted by molar-refractivity contribution is -0.136. The summed E-state index contributed by atoms with van der Waals surface area (Å²) < 4.78 is 0. The van der Waals surface area contributed by atoms with Gasteiger partial charge in [0.25, 0.3) is 0 Å². The Labute approximate surface area is 171 Å². The molecule has 2 aromatic carbocycles. The van der Waals surface area contributed by atoms with Crippen molar-refractivity contribution in [2.45, 2.75) is 19.8 Å². The zero-order valence-electron chi connectivity index (χ0n) is 16.8. The van der Waals surface area contributed by atoms with Gasteiger partial charge in [-0.15, -0.1) is 0 Å². The van der Waals surface area contributed by atoms with Crippen LogP contribution in [0.4, 0.5) is 11.4 Å². The molecule has 2 saturated heterocycles. The highest BCUT2D eigenvalue weighted by Gasteiger charge is 2.38. The van der Waals surface area contributed by atoms with Gasteiger partial charge in [0.1, 0.15) is 5.75 Å². The Kier molecular flexibility index (Phi) is 5.43. The van der Waals surface area contributed by atoms with Crippen LogP contribution in [0.1, 0.15) is 18.9 Å². The van der Waals surface area contributed by atoms with Gasteiger partial charge in [0.2, 0.25) is 11.8 Å². The Morgan fingerprint density at radius 1 is 1.00 bits per heavy atom. The average molecular weight is 393 g/mol. The Bertz CT molecular complexity index is 906. The second-order valence-corrected chi connectivity index (χ2v) is 7.69. The molecule has 0 spiro atoms. The molecule has 0 saturated carbocycles. The molecule has 2 aromatic rings. The van der Waals surface area contributed by atoms with Crippen LogP contribution in [0.25, 0.3) is 0 Å². The number of aryl methyl sites for hydroxylation is 1. The molecule has 2 aliphatic rings. The third-order valence-electron chi connectivity index (χ3n) is 5.95. The third kappa shape index (κ3) is 3.79. The van der Waals surface area contributed by atoms with Gasteiger partial charge in [0, 0.05) is 44.8 Å². The van der Waals surface area contributed by atoms with Crippen molar-refractivity contribution in [3.63, 3.8) is 0 Å². The quantitative estimate of drug-likeness (QED) is 0.867. The third-order valence-corrected chi connectivity index (χ3v) is 5.95. The molecule has 0 bridgehead atoms. The second-order valence-electron chi connectivity index (χ2n) is 7.69. The lowest BCUT2D eigenvalue weighted by atomic mass is 10.1. The van der Waals surface area contributed by atoms with Gasteiger partial charge in [-0.3, -0.25) is 9.59 Å². The number of carbonyl (C=O) groups is 2. The van der Waals surface area contributed by atoms with Gasteiger partial charge in [-0.05, 0) is 30.2 Å². The van der Waals surface area contributed by atoms with Crippen LogP contribution in [0.3, 0.4) is 0 Å². The molecule has 2 heterocycles. The molecular formula is C23H27N3O3. The first-order valence-corrected chi connectivity index (χ1v) is 10.3. The van der Waals surface area contributed by atoms with Crippen LogP contribution < -0.4 is 9.80 Å². The molecule has 2 fully saturated rings. The molecule has 2 amide bonds. The van der Waals surface area contributed by atoms with Gasteiger partial charge in [-0.2, -0.15) is 0 Å². The van der Waals surface area contributed by atoms with Crippen LogP contribution in [0, 0.1) is 5.92 Å². The summed E-state index contributed by atoms with van der Waals surface area (Å²) in [5, 5.41) is 10.1. The standard InChI is InChI=1S/C23H27N3O3/c1-2-17-7-3-4-8-19(17)26-16-18(15-22(26)28)23(29)25-13-11-24(12-14-25)20-9-5-6-10-21(20)27/h3-10,18,27H,2,11-16H2,1H3. The van der Waals surface area contributed by atoms with Crippen LogP contribution in [-0.2, 0) is 16.0 Å².